The lowest BCUT2D eigenvalue weighted by molar-refractivity contribution is -0.121. The largest absolute Gasteiger partial charge is 0.378 e. The van der Waals surface area contributed by atoms with Gasteiger partial charge in [0.1, 0.15) is 0 Å². The fraction of sp³-hybridized carbons (Fsp3) is 0.500. The highest BCUT2D eigenvalue weighted by atomic mass is 16.1. The maximum atomic E-state index is 11.5. The molecule has 1 N–H and O–H groups in total. The first-order valence-electron chi connectivity index (χ1n) is 6.02. The zero-order chi connectivity index (χ0) is 12.8. The SMILES string of the molecule is CC(C)CC(=O)NCc1cccc(N(C)C)c1. The van der Waals surface area contributed by atoms with Gasteiger partial charge in [-0.15, -0.1) is 0 Å². The molecule has 3 heteroatoms. The third-order valence-corrected chi connectivity index (χ3v) is 2.51. The molecule has 3 nitrogen and oxygen atoms in total. The molecule has 1 aromatic carbocycles. The van der Waals surface area contributed by atoms with Crippen LogP contribution in [0.25, 0.3) is 0 Å². The van der Waals surface area contributed by atoms with Gasteiger partial charge in [-0.25, -0.2) is 0 Å². The molecule has 1 rings (SSSR count). The molecule has 0 unspecified atom stereocenters. The van der Waals surface area contributed by atoms with E-state index in [2.05, 4.69) is 22.3 Å². The quantitative estimate of drug-likeness (QED) is 0.848. The second-order valence-corrected chi connectivity index (χ2v) is 4.94. The molecule has 1 amide bonds. The zero-order valence-corrected chi connectivity index (χ0v) is 11.2. The first-order chi connectivity index (χ1) is 7.99. The first kappa shape index (κ1) is 13.6. The summed E-state index contributed by atoms with van der Waals surface area (Å²) in [5.74, 6) is 0.526. The summed E-state index contributed by atoms with van der Waals surface area (Å²) in [6.07, 6.45) is 0.591. The van der Waals surface area contributed by atoms with Crippen molar-refractivity contribution in [3.63, 3.8) is 0 Å². The van der Waals surface area contributed by atoms with Crippen molar-refractivity contribution in [1.29, 1.82) is 0 Å². The summed E-state index contributed by atoms with van der Waals surface area (Å²) in [6.45, 7) is 4.70. The smallest absolute Gasteiger partial charge is 0.220 e. The molecule has 0 saturated carbocycles. The normalized spacial score (nSPS) is 10.4. The molecule has 0 aliphatic rings. The second-order valence-electron chi connectivity index (χ2n) is 4.94. The van der Waals surface area contributed by atoms with Crippen molar-refractivity contribution in [1.82, 2.24) is 5.32 Å². The van der Waals surface area contributed by atoms with Crippen molar-refractivity contribution >= 4 is 11.6 Å². The number of hydrogen-bond donors (Lipinski definition) is 1. The number of benzene rings is 1. The Morgan fingerprint density at radius 2 is 2.06 bits per heavy atom. The Morgan fingerprint density at radius 3 is 2.65 bits per heavy atom. The Bertz CT molecular complexity index is 372. The van der Waals surface area contributed by atoms with Gasteiger partial charge in [-0.2, -0.15) is 0 Å². The van der Waals surface area contributed by atoms with Crippen LogP contribution in [-0.4, -0.2) is 20.0 Å². The van der Waals surface area contributed by atoms with Crippen LogP contribution < -0.4 is 10.2 Å². The van der Waals surface area contributed by atoms with Crippen molar-refractivity contribution in [3.8, 4) is 0 Å². The van der Waals surface area contributed by atoms with Crippen LogP contribution in [0.3, 0.4) is 0 Å². The van der Waals surface area contributed by atoms with Crippen molar-refractivity contribution < 1.29 is 4.79 Å². The number of nitrogens with zero attached hydrogens (tertiary/aromatic N) is 1. The van der Waals surface area contributed by atoms with Crippen LogP contribution in [-0.2, 0) is 11.3 Å². The molecule has 0 spiro atoms. The van der Waals surface area contributed by atoms with E-state index in [0.29, 0.717) is 18.9 Å². The topological polar surface area (TPSA) is 32.3 Å². The van der Waals surface area contributed by atoms with Gasteiger partial charge >= 0.3 is 0 Å². The van der Waals surface area contributed by atoms with Gasteiger partial charge in [-0.05, 0) is 23.6 Å². The van der Waals surface area contributed by atoms with Crippen molar-refractivity contribution in [2.75, 3.05) is 19.0 Å². The Morgan fingerprint density at radius 1 is 1.35 bits per heavy atom. The van der Waals surface area contributed by atoms with E-state index in [1.165, 1.54) is 0 Å². The van der Waals surface area contributed by atoms with Crippen molar-refractivity contribution in [3.05, 3.63) is 29.8 Å². The average Bonchev–Trinajstić information content (AvgIpc) is 2.26. The number of rotatable bonds is 5. The molecular weight excluding hydrogens is 212 g/mol. The van der Waals surface area contributed by atoms with Gasteiger partial charge in [-0.1, -0.05) is 26.0 Å². The predicted octanol–water partition coefficient (Wildman–Crippen LogP) is 2.41. The van der Waals surface area contributed by atoms with Gasteiger partial charge in [-0.3, -0.25) is 4.79 Å². The van der Waals surface area contributed by atoms with Crippen LogP contribution in [0, 0.1) is 5.92 Å². The lowest BCUT2D eigenvalue weighted by Crippen LogP contribution is -2.24. The molecule has 0 atom stereocenters. The monoisotopic (exact) mass is 234 g/mol. The van der Waals surface area contributed by atoms with Gasteiger partial charge in [0.05, 0.1) is 0 Å². The molecule has 0 bridgehead atoms. The van der Waals surface area contributed by atoms with Gasteiger partial charge in [0.15, 0.2) is 0 Å². The molecule has 0 aliphatic heterocycles. The maximum Gasteiger partial charge on any atom is 0.220 e. The Hall–Kier alpha value is -1.51. The average molecular weight is 234 g/mol. The Labute approximate surface area is 104 Å². The van der Waals surface area contributed by atoms with E-state index >= 15 is 0 Å². The zero-order valence-electron chi connectivity index (χ0n) is 11.2. The molecule has 94 valence electrons. The van der Waals surface area contributed by atoms with Gasteiger partial charge in [0, 0.05) is 32.7 Å². The van der Waals surface area contributed by atoms with E-state index in [1.807, 2.05) is 40.1 Å². The van der Waals surface area contributed by atoms with Gasteiger partial charge in [0.2, 0.25) is 5.91 Å². The van der Waals surface area contributed by atoms with E-state index in [0.717, 1.165) is 11.3 Å². The minimum atomic E-state index is 0.121. The lowest BCUT2D eigenvalue weighted by atomic mass is 10.1. The molecule has 1 aromatic rings. The number of nitrogens with one attached hydrogen (secondary N) is 1. The van der Waals surface area contributed by atoms with Crippen LogP contribution in [0.15, 0.2) is 24.3 Å². The number of carbonyl (C=O) groups excluding carboxylic acids is 1. The molecule has 0 radical (unpaired) electrons. The molecule has 17 heavy (non-hydrogen) atoms. The minimum Gasteiger partial charge on any atom is -0.378 e. The maximum absolute atomic E-state index is 11.5. The third-order valence-electron chi connectivity index (χ3n) is 2.51. The second kappa shape index (κ2) is 6.28. The standard InChI is InChI=1S/C14H22N2O/c1-11(2)8-14(17)15-10-12-6-5-7-13(9-12)16(3)4/h5-7,9,11H,8,10H2,1-4H3,(H,15,17). The molecule has 0 saturated heterocycles. The van der Waals surface area contributed by atoms with Crippen LogP contribution >= 0.6 is 0 Å². The fourth-order valence-electron chi connectivity index (χ4n) is 1.59. The summed E-state index contributed by atoms with van der Waals surface area (Å²) in [5.41, 5.74) is 2.29. The Balaban J connectivity index is 2.52. The summed E-state index contributed by atoms with van der Waals surface area (Å²) in [4.78, 5) is 13.6. The number of anilines is 1. The first-order valence-corrected chi connectivity index (χ1v) is 6.02. The fourth-order valence-corrected chi connectivity index (χ4v) is 1.59. The lowest BCUT2D eigenvalue weighted by Gasteiger charge is -2.14. The summed E-state index contributed by atoms with van der Waals surface area (Å²) >= 11 is 0. The Kier molecular flexibility index (Phi) is 5.01. The van der Waals surface area contributed by atoms with Crippen LogP contribution in [0.5, 0.6) is 0 Å². The summed E-state index contributed by atoms with van der Waals surface area (Å²) < 4.78 is 0. The minimum absolute atomic E-state index is 0.121. The third kappa shape index (κ3) is 4.89. The number of amides is 1. The van der Waals surface area contributed by atoms with E-state index < -0.39 is 0 Å². The van der Waals surface area contributed by atoms with E-state index in [-0.39, 0.29) is 5.91 Å². The number of hydrogen-bond acceptors (Lipinski definition) is 2. The number of carbonyl (C=O) groups is 1. The molecule has 0 aromatic heterocycles. The van der Waals surface area contributed by atoms with E-state index in [4.69, 9.17) is 0 Å². The molecule has 0 heterocycles. The highest BCUT2D eigenvalue weighted by molar-refractivity contribution is 5.76. The van der Waals surface area contributed by atoms with Crippen LogP contribution in [0.1, 0.15) is 25.8 Å². The van der Waals surface area contributed by atoms with Crippen LogP contribution in [0.4, 0.5) is 5.69 Å². The van der Waals surface area contributed by atoms with E-state index in [9.17, 15) is 4.79 Å². The molecule has 0 aliphatic carbocycles. The summed E-state index contributed by atoms with van der Waals surface area (Å²) in [5, 5.41) is 2.94. The molecular formula is C14H22N2O. The van der Waals surface area contributed by atoms with Gasteiger partial charge < -0.3 is 10.2 Å². The predicted molar refractivity (Wildman–Crippen MR) is 72.1 cm³/mol. The van der Waals surface area contributed by atoms with Crippen molar-refractivity contribution in [2.45, 2.75) is 26.8 Å². The molecule has 0 fully saturated rings. The van der Waals surface area contributed by atoms with Crippen molar-refractivity contribution in [2.24, 2.45) is 5.92 Å². The highest BCUT2D eigenvalue weighted by Gasteiger charge is 2.04. The van der Waals surface area contributed by atoms with E-state index in [1.54, 1.807) is 0 Å². The highest BCUT2D eigenvalue weighted by Crippen LogP contribution is 2.13. The summed E-state index contributed by atoms with van der Waals surface area (Å²) in [7, 11) is 4.02. The van der Waals surface area contributed by atoms with Gasteiger partial charge in [0.25, 0.3) is 0 Å². The van der Waals surface area contributed by atoms with Crippen LogP contribution in [0.2, 0.25) is 0 Å². The summed E-state index contributed by atoms with van der Waals surface area (Å²) in [6, 6.07) is 8.19.